The summed E-state index contributed by atoms with van der Waals surface area (Å²) < 4.78 is 0. The SMILES string of the molecule is CCCCCCCCCCN(CCCCCCCCCC)C(=O)CN1CCN(CC(=O)[O-])CCN(CC(=O)[O-])CCN(CC(=O)[O-])CC1.[Gd+3]. The number of carboxylic acid groups (broad SMARTS) is 3. The number of carbonyl (C=O) groups excluding carboxylic acids is 4. The Morgan fingerprint density at radius 2 is 0.673 bits per heavy atom. The number of rotatable bonds is 26. The second-order valence-corrected chi connectivity index (χ2v) is 13.6. The first-order chi connectivity index (χ1) is 23.1. The topological polar surface area (TPSA) is 154 Å². The van der Waals surface area contributed by atoms with E-state index in [0.717, 1.165) is 38.8 Å². The fraction of sp³-hybridized carbons (Fsp3) is 0.889. The van der Waals surface area contributed by atoms with E-state index in [1.54, 1.807) is 14.7 Å². The average Bonchev–Trinajstić information content (AvgIpc) is 3.02. The van der Waals surface area contributed by atoms with Crippen molar-refractivity contribution < 1.29 is 74.4 Å². The summed E-state index contributed by atoms with van der Waals surface area (Å²) >= 11 is 0. The molecule has 13 heteroatoms. The van der Waals surface area contributed by atoms with E-state index in [1.807, 2.05) is 9.80 Å². The summed E-state index contributed by atoms with van der Waals surface area (Å²) in [5.41, 5.74) is 0. The van der Waals surface area contributed by atoms with E-state index in [4.69, 9.17) is 0 Å². The van der Waals surface area contributed by atoms with Gasteiger partial charge in [0.1, 0.15) is 0 Å². The minimum atomic E-state index is -1.26. The van der Waals surface area contributed by atoms with E-state index in [2.05, 4.69) is 13.8 Å². The van der Waals surface area contributed by atoms with E-state index in [1.165, 1.54) is 77.0 Å². The van der Waals surface area contributed by atoms with Crippen LogP contribution in [0.25, 0.3) is 0 Å². The fourth-order valence-electron chi connectivity index (χ4n) is 6.28. The van der Waals surface area contributed by atoms with E-state index >= 15 is 0 Å². The van der Waals surface area contributed by atoms with Crippen molar-refractivity contribution in [2.24, 2.45) is 0 Å². The largest absolute Gasteiger partial charge is 3.00 e. The van der Waals surface area contributed by atoms with Crippen LogP contribution in [0, 0.1) is 39.9 Å². The predicted octanol–water partition coefficient (Wildman–Crippen LogP) is 0.568. The van der Waals surface area contributed by atoms with Crippen LogP contribution in [0.3, 0.4) is 0 Å². The Hall–Kier alpha value is -0.955. The van der Waals surface area contributed by atoms with Gasteiger partial charge in [0.25, 0.3) is 0 Å². The number of carbonyl (C=O) groups is 4. The molecule has 0 aromatic rings. The standard InChI is InChI=1S/C36H69N5O7.Gd/c1-3-5-7-9-11-13-15-17-19-41(20-18-16-14-12-10-8-6-4-2)33(42)29-37-21-23-38(30-34(43)44)25-27-40(32-36(47)48)28-26-39(24-22-37)31-35(45)46;/h3-32H2,1-2H3,(H,43,44)(H,45,46)(H,47,48);/q;+3/p-3. The second-order valence-electron chi connectivity index (χ2n) is 13.6. The van der Waals surface area contributed by atoms with Crippen LogP contribution in [0.5, 0.6) is 0 Å². The number of hydrogen-bond donors (Lipinski definition) is 0. The van der Waals surface area contributed by atoms with Crippen molar-refractivity contribution in [2.75, 3.05) is 91.6 Å². The first-order valence-electron chi connectivity index (χ1n) is 18.9. The van der Waals surface area contributed by atoms with Crippen LogP contribution in [0.15, 0.2) is 0 Å². The minimum Gasteiger partial charge on any atom is -0.549 e. The number of aliphatic carboxylic acids is 3. The molecule has 0 aliphatic carbocycles. The molecule has 0 aromatic heterocycles. The summed E-state index contributed by atoms with van der Waals surface area (Å²) in [6.45, 7) is 7.71. The maximum atomic E-state index is 13.8. The van der Waals surface area contributed by atoms with E-state index in [0.29, 0.717) is 26.2 Å². The third-order valence-electron chi connectivity index (χ3n) is 9.26. The van der Waals surface area contributed by atoms with Gasteiger partial charge in [0.2, 0.25) is 5.91 Å². The Morgan fingerprint density at radius 1 is 0.429 bits per heavy atom. The van der Waals surface area contributed by atoms with Crippen LogP contribution < -0.4 is 15.3 Å². The molecule has 0 unspecified atom stereocenters. The smallest absolute Gasteiger partial charge is 0.549 e. The third kappa shape index (κ3) is 27.4. The van der Waals surface area contributed by atoms with Crippen molar-refractivity contribution >= 4 is 23.8 Å². The van der Waals surface area contributed by atoms with Crippen molar-refractivity contribution in [3.8, 4) is 0 Å². The third-order valence-corrected chi connectivity index (χ3v) is 9.26. The molecule has 1 amide bonds. The fourth-order valence-corrected chi connectivity index (χ4v) is 6.28. The van der Waals surface area contributed by atoms with Crippen LogP contribution in [0.2, 0.25) is 0 Å². The minimum absolute atomic E-state index is 0. The summed E-state index contributed by atoms with van der Waals surface area (Å²) in [6.07, 6.45) is 19.1. The molecule has 0 atom stereocenters. The number of amides is 1. The summed E-state index contributed by atoms with van der Waals surface area (Å²) in [5.74, 6) is -3.66. The predicted molar refractivity (Wildman–Crippen MR) is 183 cm³/mol. The second kappa shape index (κ2) is 31.8. The van der Waals surface area contributed by atoms with Crippen molar-refractivity contribution in [1.82, 2.24) is 24.5 Å². The van der Waals surface area contributed by atoms with Crippen molar-refractivity contribution in [1.29, 1.82) is 0 Å². The van der Waals surface area contributed by atoms with Gasteiger partial charge in [0.15, 0.2) is 0 Å². The molecule has 0 N–H and O–H groups in total. The molecule has 49 heavy (non-hydrogen) atoms. The van der Waals surface area contributed by atoms with Crippen molar-refractivity contribution in [3.05, 3.63) is 0 Å². The number of unbranched alkanes of at least 4 members (excludes halogenated alkanes) is 14. The van der Waals surface area contributed by atoms with E-state index in [-0.39, 0.29) is 98.2 Å². The first kappa shape index (κ1) is 48.0. The summed E-state index contributed by atoms with van der Waals surface area (Å²) in [5, 5.41) is 34.3. The zero-order chi connectivity index (χ0) is 35.4. The number of nitrogens with zero attached hydrogens (tertiary/aromatic N) is 5. The van der Waals surface area contributed by atoms with Crippen LogP contribution in [0.1, 0.15) is 117 Å². The molecular weight excluding hydrogens is 772 g/mol. The zero-order valence-electron chi connectivity index (χ0n) is 30.7. The molecule has 1 saturated heterocycles. The van der Waals surface area contributed by atoms with Gasteiger partial charge in [-0.1, -0.05) is 104 Å². The quantitative estimate of drug-likeness (QED) is 0.113. The molecule has 1 heterocycles. The molecule has 1 fully saturated rings. The molecule has 0 spiro atoms. The maximum absolute atomic E-state index is 13.8. The van der Waals surface area contributed by atoms with Crippen LogP contribution in [-0.2, 0) is 19.2 Å². The molecule has 1 radical (unpaired) electrons. The molecular formula is C36H66GdN5O7. The zero-order valence-corrected chi connectivity index (χ0v) is 32.9. The van der Waals surface area contributed by atoms with Gasteiger partial charge in [-0.25, -0.2) is 0 Å². The summed E-state index contributed by atoms with van der Waals surface area (Å²) in [4.78, 5) is 57.2. The van der Waals surface area contributed by atoms with Crippen LogP contribution in [0.4, 0.5) is 0 Å². The average molecular weight is 838 g/mol. The molecule has 1 aliphatic rings. The number of carboxylic acids is 3. The Kier molecular flexibility index (Phi) is 31.1. The molecule has 285 valence electrons. The van der Waals surface area contributed by atoms with Gasteiger partial charge in [-0.2, -0.15) is 0 Å². The molecule has 0 bridgehead atoms. The van der Waals surface area contributed by atoms with E-state index in [9.17, 15) is 34.5 Å². The molecule has 0 aromatic carbocycles. The monoisotopic (exact) mass is 838 g/mol. The summed E-state index contributed by atoms with van der Waals surface area (Å²) in [7, 11) is 0. The van der Waals surface area contributed by atoms with Crippen molar-refractivity contribution in [2.45, 2.75) is 117 Å². The Labute approximate surface area is 329 Å². The molecule has 1 aliphatic heterocycles. The number of hydrogen-bond acceptors (Lipinski definition) is 11. The summed E-state index contributed by atoms with van der Waals surface area (Å²) in [6, 6.07) is 0. The van der Waals surface area contributed by atoms with Gasteiger partial charge in [-0.15, -0.1) is 0 Å². The Bertz CT molecular complexity index is 833. The van der Waals surface area contributed by atoms with Gasteiger partial charge in [0, 0.05) is 85.1 Å². The molecule has 0 saturated carbocycles. The first-order valence-corrected chi connectivity index (χ1v) is 18.9. The van der Waals surface area contributed by atoms with Crippen molar-refractivity contribution in [3.63, 3.8) is 0 Å². The van der Waals surface area contributed by atoms with Gasteiger partial charge >= 0.3 is 39.9 Å². The van der Waals surface area contributed by atoms with Gasteiger partial charge in [-0.05, 0) is 12.8 Å². The van der Waals surface area contributed by atoms with E-state index < -0.39 is 17.9 Å². The normalized spacial score (nSPS) is 16.0. The Balaban J connectivity index is 0.0000230. The van der Waals surface area contributed by atoms with Gasteiger partial charge in [0.05, 0.1) is 24.5 Å². The van der Waals surface area contributed by atoms with Crippen LogP contribution >= 0.6 is 0 Å². The van der Waals surface area contributed by atoms with Crippen LogP contribution in [-0.4, -0.2) is 140 Å². The van der Waals surface area contributed by atoms with Gasteiger partial charge < -0.3 is 34.6 Å². The maximum Gasteiger partial charge on any atom is 3.00 e. The Morgan fingerprint density at radius 3 is 0.939 bits per heavy atom. The molecule has 12 nitrogen and oxygen atoms in total. The van der Waals surface area contributed by atoms with Gasteiger partial charge in [-0.3, -0.25) is 24.4 Å². The molecule has 1 rings (SSSR count).